The van der Waals surface area contributed by atoms with Gasteiger partial charge >= 0.3 is 5.97 Å². The SMILES string of the molecule is Cc1ccc2c(c1)C1(O)CC(C(=O)O)C2(O)c2ccccc21. The highest BCUT2D eigenvalue weighted by Gasteiger charge is 2.61. The summed E-state index contributed by atoms with van der Waals surface area (Å²) in [6.45, 7) is 1.91. The Morgan fingerprint density at radius 3 is 2.36 bits per heavy atom. The summed E-state index contributed by atoms with van der Waals surface area (Å²) in [6, 6.07) is 12.4. The zero-order chi connectivity index (χ0) is 15.7. The van der Waals surface area contributed by atoms with E-state index >= 15 is 0 Å². The van der Waals surface area contributed by atoms with Crippen molar-refractivity contribution in [1.29, 1.82) is 0 Å². The zero-order valence-corrected chi connectivity index (χ0v) is 12.1. The van der Waals surface area contributed by atoms with Gasteiger partial charge in [-0.15, -0.1) is 0 Å². The van der Waals surface area contributed by atoms with Crippen molar-refractivity contribution in [2.24, 2.45) is 5.92 Å². The molecule has 0 spiro atoms. The largest absolute Gasteiger partial charge is 0.481 e. The van der Waals surface area contributed by atoms with Crippen LogP contribution >= 0.6 is 0 Å². The molecule has 3 N–H and O–H groups in total. The Kier molecular flexibility index (Phi) is 2.43. The van der Waals surface area contributed by atoms with E-state index in [1.165, 1.54) is 0 Å². The molecular formula is C18H16O4. The monoisotopic (exact) mass is 296 g/mol. The number of aliphatic hydroxyl groups is 2. The summed E-state index contributed by atoms with van der Waals surface area (Å²) in [5.74, 6) is -2.16. The lowest BCUT2D eigenvalue weighted by atomic mass is 9.54. The van der Waals surface area contributed by atoms with Gasteiger partial charge in [0.1, 0.15) is 11.2 Å². The zero-order valence-electron chi connectivity index (χ0n) is 12.1. The molecule has 0 fully saturated rings. The Labute approximate surface area is 127 Å². The number of hydrogen-bond donors (Lipinski definition) is 3. The summed E-state index contributed by atoms with van der Waals surface area (Å²) in [5, 5.41) is 32.2. The molecule has 22 heavy (non-hydrogen) atoms. The van der Waals surface area contributed by atoms with Crippen LogP contribution in [0.3, 0.4) is 0 Å². The molecule has 3 atom stereocenters. The Balaban J connectivity index is 2.14. The van der Waals surface area contributed by atoms with Crippen LogP contribution in [0.2, 0.25) is 0 Å². The summed E-state index contributed by atoms with van der Waals surface area (Å²) >= 11 is 0. The number of carbonyl (C=O) groups is 1. The van der Waals surface area contributed by atoms with Gasteiger partial charge in [0.15, 0.2) is 0 Å². The normalized spacial score (nSPS) is 31.5. The fourth-order valence-corrected chi connectivity index (χ4v) is 4.10. The highest BCUT2D eigenvalue weighted by molar-refractivity contribution is 5.77. The smallest absolute Gasteiger partial charge is 0.310 e. The van der Waals surface area contributed by atoms with Crippen molar-refractivity contribution in [1.82, 2.24) is 0 Å². The Morgan fingerprint density at radius 1 is 1.05 bits per heavy atom. The van der Waals surface area contributed by atoms with E-state index < -0.39 is 23.1 Å². The summed E-state index contributed by atoms with van der Waals surface area (Å²) < 4.78 is 0. The van der Waals surface area contributed by atoms with Gasteiger partial charge in [0.05, 0.1) is 5.92 Å². The van der Waals surface area contributed by atoms with Gasteiger partial charge in [-0.05, 0) is 29.2 Å². The van der Waals surface area contributed by atoms with Crippen LogP contribution in [0.15, 0.2) is 42.5 Å². The Morgan fingerprint density at radius 2 is 1.68 bits per heavy atom. The van der Waals surface area contributed by atoms with Crippen molar-refractivity contribution < 1.29 is 20.1 Å². The summed E-state index contributed by atoms with van der Waals surface area (Å²) in [4.78, 5) is 11.7. The fourth-order valence-electron chi connectivity index (χ4n) is 4.10. The second-order valence-corrected chi connectivity index (χ2v) is 6.32. The minimum Gasteiger partial charge on any atom is -0.481 e. The molecule has 4 heteroatoms. The maximum Gasteiger partial charge on any atom is 0.310 e. The molecule has 4 nitrogen and oxygen atoms in total. The fraction of sp³-hybridized carbons (Fsp3) is 0.278. The molecule has 0 radical (unpaired) electrons. The van der Waals surface area contributed by atoms with E-state index in [1.54, 1.807) is 30.3 Å². The molecule has 0 saturated heterocycles. The third-order valence-corrected chi connectivity index (χ3v) is 5.12. The van der Waals surface area contributed by atoms with E-state index in [0.717, 1.165) is 5.56 Å². The Bertz CT molecular complexity index is 812. The molecule has 5 rings (SSSR count). The number of benzene rings is 2. The third kappa shape index (κ3) is 1.36. The van der Waals surface area contributed by atoms with E-state index in [0.29, 0.717) is 22.3 Å². The van der Waals surface area contributed by atoms with Gasteiger partial charge in [-0.25, -0.2) is 0 Å². The predicted octanol–water partition coefficient (Wildman–Crippen LogP) is 1.88. The molecule has 2 aromatic carbocycles. The van der Waals surface area contributed by atoms with Gasteiger partial charge in [-0.2, -0.15) is 0 Å². The van der Waals surface area contributed by atoms with E-state index in [9.17, 15) is 20.1 Å². The van der Waals surface area contributed by atoms with E-state index in [1.807, 2.05) is 19.1 Å². The average molecular weight is 296 g/mol. The van der Waals surface area contributed by atoms with Crippen LogP contribution in [0.25, 0.3) is 0 Å². The molecule has 2 bridgehead atoms. The lowest BCUT2D eigenvalue weighted by molar-refractivity contribution is -0.160. The van der Waals surface area contributed by atoms with Crippen LogP contribution in [0.1, 0.15) is 34.2 Å². The number of rotatable bonds is 1. The summed E-state index contributed by atoms with van der Waals surface area (Å²) in [6.07, 6.45) is -0.0215. The van der Waals surface area contributed by atoms with Gasteiger partial charge < -0.3 is 15.3 Å². The maximum atomic E-state index is 11.7. The molecule has 2 aromatic rings. The minimum atomic E-state index is -1.60. The highest BCUT2D eigenvalue weighted by atomic mass is 16.4. The molecule has 0 aromatic heterocycles. The van der Waals surface area contributed by atoms with Crippen molar-refractivity contribution in [2.45, 2.75) is 24.5 Å². The van der Waals surface area contributed by atoms with E-state index in [4.69, 9.17) is 0 Å². The number of aryl methyl sites for hydroxylation is 1. The topological polar surface area (TPSA) is 77.8 Å². The van der Waals surface area contributed by atoms with Crippen LogP contribution in [-0.2, 0) is 16.0 Å². The maximum absolute atomic E-state index is 11.7. The number of fused-ring (bicyclic) bond motifs is 1. The first kappa shape index (κ1) is 13.5. The molecule has 3 unspecified atom stereocenters. The molecule has 0 heterocycles. The minimum absolute atomic E-state index is 0.0215. The first-order valence-electron chi connectivity index (χ1n) is 7.28. The van der Waals surface area contributed by atoms with Crippen molar-refractivity contribution in [3.05, 3.63) is 70.3 Å². The first-order chi connectivity index (χ1) is 10.4. The number of aliphatic carboxylic acids is 1. The average Bonchev–Trinajstić information content (AvgIpc) is 2.50. The molecule has 0 aliphatic heterocycles. The standard InChI is InChI=1S/C18H16O4/c1-10-6-7-13-14(8-10)17(21)9-15(16(19)20)18(13,22)12-5-3-2-4-11(12)17/h2-8,15,21-22H,9H2,1H3,(H,19,20). The second-order valence-electron chi connectivity index (χ2n) is 6.32. The molecular weight excluding hydrogens is 280 g/mol. The van der Waals surface area contributed by atoms with Gasteiger partial charge in [-0.1, -0.05) is 48.0 Å². The molecule has 3 aliphatic rings. The lowest BCUT2D eigenvalue weighted by Gasteiger charge is -2.53. The van der Waals surface area contributed by atoms with Gasteiger partial charge in [0.2, 0.25) is 0 Å². The second kappa shape index (κ2) is 3.97. The van der Waals surface area contributed by atoms with E-state index in [-0.39, 0.29) is 6.42 Å². The predicted molar refractivity (Wildman–Crippen MR) is 79.4 cm³/mol. The Hall–Kier alpha value is -2.17. The van der Waals surface area contributed by atoms with Crippen LogP contribution in [0, 0.1) is 12.8 Å². The van der Waals surface area contributed by atoms with Crippen molar-refractivity contribution in [3.8, 4) is 0 Å². The molecule has 0 amide bonds. The highest BCUT2D eigenvalue weighted by Crippen LogP contribution is 2.59. The molecule has 3 aliphatic carbocycles. The van der Waals surface area contributed by atoms with Gasteiger partial charge in [0.25, 0.3) is 0 Å². The van der Waals surface area contributed by atoms with Crippen LogP contribution in [0.4, 0.5) is 0 Å². The molecule has 112 valence electrons. The quantitative estimate of drug-likeness (QED) is 0.751. The summed E-state index contributed by atoms with van der Waals surface area (Å²) in [5.41, 5.74) is 0.207. The van der Waals surface area contributed by atoms with Crippen molar-refractivity contribution >= 4 is 5.97 Å². The van der Waals surface area contributed by atoms with Crippen LogP contribution in [-0.4, -0.2) is 21.3 Å². The lowest BCUT2D eigenvalue weighted by Crippen LogP contribution is -2.56. The van der Waals surface area contributed by atoms with E-state index in [2.05, 4.69) is 0 Å². The van der Waals surface area contributed by atoms with Gasteiger partial charge in [-0.3, -0.25) is 4.79 Å². The number of carboxylic acid groups (broad SMARTS) is 1. The van der Waals surface area contributed by atoms with Crippen LogP contribution < -0.4 is 0 Å². The molecule has 0 saturated carbocycles. The van der Waals surface area contributed by atoms with Crippen molar-refractivity contribution in [2.75, 3.05) is 0 Å². The summed E-state index contributed by atoms with van der Waals surface area (Å²) in [7, 11) is 0. The number of carboxylic acids is 1. The van der Waals surface area contributed by atoms with Gasteiger partial charge in [0, 0.05) is 6.42 Å². The third-order valence-electron chi connectivity index (χ3n) is 5.12. The first-order valence-corrected chi connectivity index (χ1v) is 7.28. The van der Waals surface area contributed by atoms with Crippen molar-refractivity contribution in [3.63, 3.8) is 0 Å². The van der Waals surface area contributed by atoms with Crippen LogP contribution in [0.5, 0.6) is 0 Å². The number of hydrogen-bond acceptors (Lipinski definition) is 3.